The molecule has 0 saturated carbocycles. The molecule has 0 saturated heterocycles. The molecule has 0 aromatic heterocycles. The number of aryl methyl sites for hydroxylation is 2. The lowest BCUT2D eigenvalue weighted by Crippen LogP contribution is -2.36. The van der Waals surface area contributed by atoms with Crippen molar-refractivity contribution in [3.63, 3.8) is 0 Å². The Kier molecular flexibility index (Phi) is 4.81. The second kappa shape index (κ2) is 5.83. The highest BCUT2D eigenvalue weighted by Crippen LogP contribution is 2.16. The number of hydrogen-bond acceptors (Lipinski definition) is 3. The van der Waals surface area contributed by atoms with E-state index in [1.54, 1.807) is 13.8 Å². The van der Waals surface area contributed by atoms with E-state index < -0.39 is 14.6 Å². The maximum atomic E-state index is 11.6. The van der Waals surface area contributed by atoms with Gasteiger partial charge in [0.15, 0.2) is 15.8 Å². The maximum Gasteiger partial charge on any atom is 0.193 e. The lowest BCUT2D eigenvalue weighted by atomic mass is 10.1. The van der Waals surface area contributed by atoms with Gasteiger partial charge in [0.2, 0.25) is 0 Å². The maximum absolute atomic E-state index is 11.6. The number of nitrogens with one attached hydrogen (secondary N) is 1. The van der Waals surface area contributed by atoms with Crippen LogP contribution >= 0.6 is 0 Å². The Morgan fingerprint density at radius 2 is 1.90 bits per heavy atom. The Bertz CT molecular complexity index is 619. The van der Waals surface area contributed by atoms with Crippen molar-refractivity contribution in [1.29, 1.82) is 0 Å². The average Bonchev–Trinajstić information content (AvgIpc) is 2.30. The van der Waals surface area contributed by atoms with Crippen LogP contribution < -0.4 is 11.1 Å². The molecule has 0 spiro atoms. The first-order valence-corrected chi connectivity index (χ1v) is 8.26. The van der Waals surface area contributed by atoms with Crippen LogP contribution in [-0.4, -0.2) is 31.9 Å². The molecule has 1 aromatic rings. The zero-order valence-electron chi connectivity index (χ0n) is 12.7. The van der Waals surface area contributed by atoms with Crippen LogP contribution in [0.15, 0.2) is 23.2 Å². The monoisotopic (exact) mass is 297 g/mol. The number of nitrogens with zero attached hydrogens (tertiary/aromatic N) is 1. The summed E-state index contributed by atoms with van der Waals surface area (Å²) in [6, 6.07) is 5.87. The molecule has 0 aliphatic heterocycles. The smallest absolute Gasteiger partial charge is 0.193 e. The third-order valence-electron chi connectivity index (χ3n) is 3.41. The van der Waals surface area contributed by atoms with Crippen molar-refractivity contribution in [2.24, 2.45) is 10.7 Å². The number of benzene rings is 1. The molecule has 0 aliphatic rings. The van der Waals surface area contributed by atoms with Crippen LogP contribution in [0.25, 0.3) is 0 Å². The van der Waals surface area contributed by atoms with Crippen molar-refractivity contribution in [3.8, 4) is 0 Å². The Balaban J connectivity index is 2.78. The number of anilines is 1. The van der Waals surface area contributed by atoms with E-state index in [0.29, 0.717) is 0 Å². The molecule has 5 nitrogen and oxygen atoms in total. The molecular formula is C14H23N3O2S. The average molecular weight is 297 g/mol. The van der Waals surface area contributed by atoms with Crippen LogP contribution in [0.3, 0.4) is 0 Å². The first-order chi connectivity index (χ1) is 9.03. The standard InChI is InChI=1S/C14H23N3O2S/c1-10-6-7-12(8-11(10)2)17-13(15)16-9-14(3,4)20(5,18)19/h6-8H,9H2,1-5H3,(H3,15,16,17). The van der Waals surface area contributed by atoms with Gasteiger partial charge in [-0.1, -0.05) is 6.07 Å². The topological polar surface area (TPSA) is 84.5 Å². The van der Waals surface area contributed by atoms with E-state index in [1.807, 2.05) is 32.0 Å². The zero-order valence-corrected chi connectivity index (χ0v) is 13.5. The first-order valence-electron chi connectivity index (χ1n) is 6.37. The van der Waals surface area contributed by atoms with Crippen LogP contribution in [0.1, 0.15) is 25.0 Å². The van der Waals surface area contributed by atoms with Crippen molar-refractivity contribution >= 4 is 21.5 Å². The molecule has 1 aromatic carbocycles. The molecule has 0 amide bonds. The van der Waals surface area contributed by atoms with Gasteiger partial charge in [0, 0.05) is 11.9 Å². The first kappa shape index (κ1) is 16.5. The van der Waals surface area contributed by atoms with Crippen molar-refractivity contribution in [3.05, 3.63) is 29.3 Å². The predicted octanol–water partition coefficient (Wildman–Crippen LogP) is 1.85. The summed E-state index contributed by atoms with van der Waals surface area (Å²) in [7, 11) is -3.17. The van der Waals surface area contributed by atoms with Gasteiger partial charge in [-0.2, -0.15) is 0 Å². The third-order valence-corrected chi connectivity index (χ3v) is 5.55. The minimum atomic E-state index is -3.17. The van der Waals surface area contributed by atoms with E-state index in [1.165, 1.54) is 11.8 Å². The number of rotatable bonds is 4. The number of nitrogens with two attached hydrogens (primary N) is 1. The second-order valence-electron chi connectivity index (χ2n) is 5.66. The van der Waals surface area contributed by atoms with Crippen LogP contribution in [0.2, 0.25) is 0 Å². The Labute approximate surface area is 121 Å². The SMILES string of the molecule is Cc1ccc(NC(N)=NCC(C)(C)S(C)(=O)=O)cc1C. The van der Waals surface area contributed by atoms with E-state index in [0.717, 1.165) is 11.3 Å². The van der Waals surface area contributed by atoms with Gasteiger partial charge in [-0.3, -0.25) is 4.99 Å². The van der Waals surface area contributed by atoms with Gasteiger partial charge in [-0.05, 0) is 51.0 Å². The molecule has 0 heterocycles. The molecule has 0 bridgehead atoms. The van der Waals surface area contributed by atoms with Crippen LogP contribution in [0, 0.1) is 13.8 Å². The summed E-state index contributed by atoms with van der Waals surface area (Å²) >= 11 is 0. The molecule has 0 unspecified atom stereocenters. The zero-order chi connectivity index (χ0) is 15.6. The van der Waals surface area contributed by atoms with Gasteiger partial charge in [-0.15, -0.1) is 0 Å². The normalized spacial score (nSPS) is 13.3. The van der Waals surface area contributed by atoms with Crippen molar-refractivity contribution in [1.82, 2.24) is 0 Å². The lowest BCUT2D eigenvalue weighted by molar-refractivity contribution is 0.555. The molecule has 0 radical (unpaired) electrons. The van der Waals surface area contributed by atoms with Crippen molar-refractivity contribution in [2.45, 2.75) is 32.4 Å². The van der Waals surface area contributed by atoms with Crippen LogP contribution in [-0.2, 0) is 9.84 Å². The van der Waals surface area contributed by atoms with E-state index in [-0.39, 0.29) is 12.5 Å². The second-order valence-corrected chi connectivity index (χ2v) is 8.31. The molecule has 20 heavy (non-hydrogen) atoms. The van der Waals surface area contributed by atoms with Crippen LogP contribution in [0.4, 0.5) is 5.69 Å². The van der Waals surface area contributed by atoms with E-state index in [4.69, 9.17) is 5.73 Å². The molecule has 1 rings (SSSR count). The highest BCUT2D eigenvalue weighted by molar-refractivity contribution is 7.92. The summed E-state index contributed by atoms with van der Waals surface area (Å²) in [6.45, 7) is 7.44. The Morgan fingerprint density at radius 3 is 2.40 bits per heavy atom. The molecular weight excluding hydrogens is 274 g/mol. The minimum absolute atomic E-state index is 0.121. The number of guanidine groups is 1. The number of hydrogen-bond donors (Lipinski definition) is 2. The fourth-order valence-corrected chi connectivity index (χ4v) is 1.70. The lowest BCUT2D eigenvalue weighted by Gasteiger charge is -2.20. The highest BCUT2D eigenvalue weighted by atomic mass is 32.2. The highest BCUT2D eigenvalue weighted by Gasteiger charge is 2.29. The van der Waals surface area contributed by atoms with Crippen molar-refractivity contribution in [2.75, 3.05) is 18.1 Å². The van der Waals surface area contributed by atoms with Gasteiger partial charge >= 0.3 is 0 Å². The third kappa shape index (κ3) is 4.23. The molecule has 3 N–H and O–H groups in total. The van der Waals surface area contributed by atoms with E-state index in [2.05, 4.69) is 10.3 Å². The summed E-state index contributed by atoms with van der Waals surface area (Å²) in [4.78, 5) is 4.11. The van der Waals surface area contributed by atoms with Gasteiger partial charge in [0.25, 0.3) is 0 Å². The molecule has 0 aliphatic carbocycles. The van der Waals surface area contributed by atoms with E-state index >= 15 is 0 Å². The van der Waals surface area contributed by atoms with Crippen molar-refractivity contribution < 1.29 is 8.42 Å². The number of aliphatic imine (C=N–C) groups is 1. The Hall–Kier alpha value is -1.56. The van der Waals surface area contributed by atoms with Gasteiger partial charge in [0.05, 0.1) is 11.3 Å². The summed E-state index contributed by atoms with van der Waals surface area (Å²) < 4.78 is 22.2. The van der Waals surface area contributed by atoms with Gasteiger partial charge < -0.3 is 11.1 Å². The predicted molar refractivity (Wildman–Crippen MR) is 85.0 cm³/mol. The quantitative estimate of drug-likeness (QED) is 0.656. The number of sulfone groups is 1. The largest absolute Gasteiger partial charge is 0.370 e. The fourth-order valence-electron chi connectivity index (χ4n) is 1.40. The summed E-state index contributed by atoms with van der Waals surface area (Å²) in [5, 5.41) is 2.97. The summed E-state index contributed by atoms with van der Waals surface area (Å²) in [6.07, 6.45) is 1.20. The molecule has 6 heteroatoms. The van der Waals surface area contributed by atoms with Gasteiger partial charge in [-0.25, -0.2) is 8.42 Å². The van der Waals surface area contributed by atoms with E-state index in [9.17, 15) is 8.42 Å². The van der Waals surface area contributed by atoms with Crippen LogP contribution in [0.5, 0.6) is 0 Å². The molecule has 0 fully saturated rings. The minimum Gasteiger partial charge on any atom is -0.370 e. The summed E-state index contributed by atoms with van der Waals surface area (Å²) in [5.74, 6) is 0.213. The molecule has 0 atom stereocenters. The van der Waals surface area contributed by atoms with Gasteiger partial charge in [0.1, 0.15) is 0 Å². The summed E-state index contributed by atoms with van der Waals surface area (Å²) in [5.41, 5.74) is 8.98. The Morgan fingerprint density at radius 1 is 1.30 bits per heavy atom. The fraction of sp³-hybridized carbons (Fsp3) is 0.500. The molecule has 112 valence electrons.